The van der Waals surface area contributed by atoms with Crippen LogP contribution in [0.5, 0.6) is 17.2 Å². The molecule has 0 atom stereocenters. The summed E-state index contributed by atoms with van der Waals surface area (Å²) in [5.41, 5.74) is 6.32. The van der Waals surface area contributed by atoms with Gasteiger partial charge in [-0.1, -0.05) is 48.6 Å². The number of thiocarbonyl (C=S) groups is 1. The minimum atomic E-state index is -0.826. The largest absolute Gasteiger partial charge is 0.508 e. The molecule has 0 unspecified atom stereocenters. The maximum atomic E-state index is 9.81. The number of nitrogens with zero attached hydrogens (tertiary/aromatic N) is 4. The SMILES string of the molecule is CCN(CC)c1ccc2c(c1)Oc1cc(N(CC)CC)ccc1C21c2ccccc2C(=S)N1/N=C/c1ccc(O)cc1. The van der Waals surface area contributed by atoms with Gasteiger partial charge in [-0.2, -0.15) is 5.10 Å². The Hall–Kier alpha value is -4.36. The Labute approximate surface area is 253 Å². The summed E-state index contributed by atoms with van der Waals surface area (Å²) >= 11 is 6.17. The Morgan fingerprint density at radius 3 is 1.86 bits per heavy atom. The van der Waals surface area contributed by atoms with E-state index in [0.717, 1.165) is 76.9 Å². The van der Waals surface area contributed by atoms with E-state index < -0.39 is 5.54 Å². The lowest BCUT2D eigenvalue weighted by Crippen LogP contribution is -2.44. The number of rotatable bonds is 8. The van der Waals surface area contributed by atoms with Crippen molar-refractivity contribution >= 4 is 34.8 Å². The number of phenols is 1. The quantitative estimate of drug-likeness (QED) is 0.173. The Morgan fingerprint density at radius 2 is 1.31 bits per heavy atom. The Morgan fingerprint density at radius 1 is 0.762 bits per heavy atom. The first-order valence-corrected chi connectivity index (χ1v) is 15.1. The highest BCUT2D eigenvalue weighted by atomic mass is 32.1. The fourth-order valence-corrected chi connectivity index (χ4v) is 6.69. The van der Waals surface area contributed by atoms with Gasteiger partial charge in [0, 0.05) is 66.4 Å². The molecule has 2 aliphatic heterocycles. The maximum Gasteiger partial charge on any atom is 0.147 e. The molecule has 1 spiro atoms. The number of hydrazone groups is 1. The number of phenolic OH excluding ortho intramolecular Hbond substituents is 1. The van der Waals surface area contributed by atoms with Crippen molar-refractivity contribution in [3.63, 3.8) is 0 Å². The molecule has 214 valence electrons. The minimum absolute atomic E-state index is 0.216. The predicted molar refractivity (Wildman–Crippen MR) is 176 cm³/mol. The van der Waals surface area contributed by atoms with E-state index in [1.165, 1.54) is 0 Å². The van der Waals surface area contributed by atoms with Crippen molar-refractivity contribution in [1.82, 2.24) is 5.01 Å². The molecule has 0 aromatic heterocycles. The highest BCUT2D eigenvalue weighted by molar-refractivity contribution is 7.80. The van der Waals surface area contributed by atoms with E-state index in [2.05, 4.69) is 92.1 Å². The van der Waals surface area contributed by atoms with Crippen LogP contribution in [0.15, 0.2) is 90.0 Å². The molecule has 4 aromatic rings. The van der Waals surface area contributed by atoms with Crippen LogP contribution < -0.4 is 14.5 Å². The fourth-order valence-electron chi connectivity index (χ4n) is 6.33. The summed E-state index contributed by atoms with van der Waals surface area (Å²) in [6.45, 7) is 12.3. The number of hydrogen-bond acceptors (Lipinski definition) is 6. The van der Waals surface area contributed by atoms with E-state index in [-0.39, 0.29) is 5.75 Å². The third kappa shape index (κ3) is 4.31. The maximum absolute atomic E-state index is 9.81. The first-order chi connectivity index (χ1) is 20.5. The van der Waals surface area contributed by atoms with Crippen LogP contribution in [0.4, 0.5) is 11.4 Å². The van der Waals surface area contributed by atoms with Gasteiger partial charge < -0.3 is 19.6 Å². The highest BCUT2D eigenvalue weighted by Gasteiger charge is 2.55. The van der Waals surface area contributed by atoms with Crippen LogP contribution in [-0.4, -0.2) is 47.5 Å². The number of ether oxygens (including phenoxy) is 1. The lowest BCUT2D eigenvalue weighted by molar-refractivity contribution is 0.269. The smallest absolute Gasteiger partial charge is 0.147 e. The van der Waals surface area contributed by atoms with Crippen molar-refractivity contribution < 1.29 is 9.84 Å². The zero-order chi connectivity index (χ0) is 29.4. The van der Waals surface area contributed by atoms with E-state index in [0.29, 0.717) is 4.99 Å². The standard InChI is InChI=1S/C35H36N4O2S/c1-5-37(6-2)25-15-19-30-32(21-25)41-33-22-26(38(7-3)8-4)16-20-31(33)35(30)29-12-10-9-11-28(29)34(42)39(35)36-23-24-13-17-27(40)18-14-24/h9-23,40H,5-8H2,1-4H3/b36-23+. The Bertz CT molecular complexity index is 1600. The summed E-state index contributed by atoms with van der Waals surface area (Å²) in [7, 11) is 0. The Kier molecular flexibility index (Phi) is 7.37. The molecule has 42 heavy (non-hydrogen) atoms. The number of benzene rings is 4. The van der Waals surface area contributed by atoms with Crippen LogP contribution in [0.1, 0.15) is 55.5 Å². The number of fused-ring (bicyclic) bond motifs is 6. The second-order valence-electron chi connectivity index (χ2n) is 10.5. The van der Waals surface area contributed by atoms with Gasteiger partial charge in [0.1, 0.15) is 27.8 Å². The number of anilines is 2. The molecule has 0 radical (unpaired) electrons. The zero-order valence-corrected chi connectivity index (χ0v) is 25.4. The lowest BCUT2D eigenvalue weighted by Gasteiger charge is -2.43. The molecular formula is C35H36N4O2S. The summed E-state index contributed by atoms with van der Waals surface area (Å²) in [4.78, 5) is 5.30. The first-order valence-electron chi connectivity index (χ1n) is 14.7. The van der Waals surface area contributed by atoms with Crippen LogP contribution in [0.3, 0.4) is 0 Å². The first kappa shape index (κ1) is 27.8. The molecule has 0 aliphatic carbocycles. The molecule has 0 fully saturated rings. The molecule has 1 N–H and O–H groups in total. The summed E-state index contributed by atoms with van der Waals surface area (Å²) in [5, 5.41) is 16.9. The number of aromatic hydroxyl groups is 1. The van der Waals surface area contributed by atoms with Gasteiger partial charge in [0.05, 0.1) is 6.21 Å². The molecular weight excluding hydrogens is 540 g/mol. The summed E-state index contributed by atoms with van der Waals surface area (Å²) in [6.07, 6.45) is 1.81. The van der Waals surface area contributed by atoms with Gasteiger partial charge in [-0.25, -0.2) is 5.01 Å². The van der Waals surface area contributed by atoms with Gasteiger partial charge in [0.15, 0.2) is 0 Å². The van der Waals surface area contributed by atoms with Crippen molar-refractivity contribution in [2.45, 2.75) is 33.2 Å². The van der Waals surface area contributed by atoms with Crippen molar-refractivity contribution in [2.75, 3.05) is 36.0 Å². The second kappa shape index (κ2) is 11.1. The van der Waals surface area contributed by atoms with Gasteiger partial charge in [-0.05, 0) is 75.2 Å². The van der Waals surface area contributed by atoms with Crippen molar-refractivity contribution in [2.24, 2.45) is 5.10 Å². The van der Waals surface area contributed by atoms with Crippen LogP contribution in [-0.2, 0) is 5.54 Å². The molecule has 6 nitrogen and oxygen atoms in total. The van der Waals surface area contributed by atoms with Crippen molar-refractivity contribution in [3.05, 3.63) is 113 Å². The van der Waals surface area contributed by atoms with Crippen LogP contribution >= 0.6 is 12.2 Å². The normalized spacial score (nSPS) is 14.5. The van der Waals surface area contributed by atoms with Gasteiger partial charge in [-0.15, -0.1) is 0 Å². The molecule has 0 amide bonds. The van der Waals surface area contributed by atoms with Crippen LogP contribution in [0, 0.1) is 0 Å². The second-order valence-corrected chi connectivity index (χ2v) is 10.9. The molecule has 6 rings (SSSR count). The van der Waals surface area contributed by atoms with Gasteiger partial charge in [0.25, 0.3) is 0 Å². The van der Waals surface area contributed by atoms with Crippen molar-refractivity contribution in [1.29, 1.82) is 0 Å². The number of hydrogen-bond donors (Lipinski definition) is 1. The van der Waals surface area contributed by atoms with E-state index in [1.807, 2.05) is 29.4 Å². The average Bonchev–Trinajstić information content (AvgIpc) is 3.26. The summed E-state index contributed by atoms with van der Waals surface area (Å²) < 4.78 is 6.80. The van der Waals surface area contributed by atoms with Gasteiger partial charge in [0.2, 0.25) is 0 Å². The van der Waals surface area contributed by atoms with Crippen LogP contribution in [0.25, 0.3) is 0 Å². The van der Waals surface area contributed by atoms with Crippen molar-refractivity contribution in [3.8, 4) is 17.2 Å². The van der Waals surface area contributed by atoms with E-state index >= 15 is 0 Å². The molecule has 2 aliphatic rings. The van der Waals surface area contributed by atoms with E-state index in [9.17, 15) is 5.11 Å². The van der Waals surface area contributed by atoms with E-state index in [4.69, 9.17) is 22.1 Å². The van der Waals surface area contributed by atoms with E-state index in [1.54, 1.807) is 12.1 Å². The minimum Gasteiger partial charge on any atom is -0.508 e. The third-order valence-corrected chi connectivity index (χ3v) is 8.85. The van der Waals surface area contributed by atoms with Gasteiger partial charge in [-0.3, -0.25) is 0 Å². The van der Waals surface area contributed by atoms with Gasteiger partial charge >= 0.3 is 0 Å². The monoisotopic (exact) mass is 576 g/mol. The lowest BCUT2D eigenvalue weighted by atomic mass is 9.75. The highest BCUT2D eigenvalue weighted by Crippen LogP contribution is 2.58. The predicted octanol–water partition coefficient (Wildman–Crippen LogP) is 7.51. The topological polar surface area (TPSA) is 51.5 Å². The Balaban J connectivity index is 1.63. The zero-order valence-electron chi connectivity index (χ0n) is 24.5. The molecule has 0 saturated heterocycles. The fraction of sp³-hybridized carbons (Fsp3) is 0.257. The molecule has 0 saturated carbocycles. The molecule has 2 heterocycles. The third-order valence-electron chi connectivity index (χ3n) is 8.46. The molecule has 7 heteroatoms. The van der Waals surface area contributed by atoms with Crippen LogP contribution in [0.2, 0.25) is 0 Å². The summed E-state index contributed by atoms with van der Waals surface area (Å²) in [6, 6.07) is 28.4. The average molecular weight is 577 g/mol. The summed E-state index contributed by atoms with van der Waals surface area (Å²) in [5.74, 6) is 1.81. The molecule has 4 aromatic carbocycles. The molecule has 0 bridgehead atoms.